The van der Waals surface area contributed by atoms with Gasteiger partial charge in [-0.05, 0) is 10.8 Å². The predicted octanol–water partition coefficient (Wildman–Crippen LogP) is -2.22. The first kappa shape index (κ1) is 13.5. The molecule has 0 saturated carbocycles. The number of benzene rings is 2. The smallest absolute Gasteiger partial charge is 0.541 e. The van der Waals surface area contributed by atoms with E-state index in [9.17, 15) is 14.7 Å². The van der Waals surface area contributed by atoms with Crippen LogP contribution in [0, 0.1) is 0 Å². The van der Waals surface area contributed by atoms with Gasteiger partial charge in [0.2, 0.25) is 5.78 Å². The van der Waals surface area contributed by atoms with Crippen LogP contribution in [0.5, 0.6) is 0 Å². The molecule has 16 heavy (non-hydrogen) atoms. The first-order chi connectivity index (χ1) is 7.20. The number of ketones is 1. The van der Waals surface area contributed by atoms with Gasteiger partial charge in [-0.1, -0.05) is 42.5 Å². The maximum atomic E-state index is 11.3. The fourth-order valence-electron chi connectivity index (χ4n) is 1.53. The van der Waals surface area contributed by atoms with Crippen LogP contribution >= 0.6 is 0 Å². The Morgan fingerprint density at radius 3 is 2.25 bits per heavy atom. The van der Waals surface area contributed by atoms with Gasteiger partial charge in [0.15, 0.2) is 0 Å². The molecule has 0 atom stereocenters. The Bertz CT molecular complexity index is 543. The molecule has 0 aliphatic rings. The number of fused-ring (bicyclic) bond motifs is 1. The van der Waals surface area contributed by atoms with Crippen LogP contribution in [0.4, 0.5) is 0 Å². The second kappa shape index (κ2) is 5.70. The molecule has 3 nitrogen and oxygen atoms in total. The first-order valence-electron chi connectivity index (χ1n) is 4.43. The van der Waals surface area contributed by atoms with Gasteiger partial charge in [0, 0.05) is 5.56 Å². The Morgan fingerprint density at radius 1 is 0.938 bits per heavy atom. The quantitative estimate of drug-likeness (QED) is 0.338. The van der Waals surface area contributed by atoms with Gasteiger partial charge in [0.05, 0.1) is 0 Å². The van der Waals surface area contributed by atoms with E-state index >= 15 is 0 Å². The number of hydrogen-bond acceptors (Lipinski definition) is 3. The van der Waals surface area contributed by atoms with Crippen molar-refractivity contribution < 1.29 is 66.1 Å². The number of carboxylic acids is 1. The molecule has 4 heteroatoms. The van der Waals surface area contributed by atoms with E-state index in [1.807, 2.05) is 18.2 Å². The first-order valence-corrected chi connectivity index (χ1v) is 4.43. The fraction of sp³-hybridized carbons (Fsp3) is 0. The Kier molecular flexibility index (Phi) is 4.82. The average molecular weight is 238 g/mol. The van der Waals surface area contributed by atoms with E-state index in [4.69, 9.17) is 0 Å². The monoisotopic (exact) mass is 238 g/mol. The Balaban J connectivity index is 0.00000128. The van der Waals surface area contributed by atoms with E-state index in [1.54, 1.807) is 18.2 Å². The van der Waals surface area contributed by atoms with Gasteiger partial charge in [-0.25, -0.2) is 0 Å². The summed E-state index contributed by atoms with van der Waals surface area (Å²) in [5.74, 6) is -2.65. The summed E-state index contributed by atoms with van der Waals surface area (Å²) < 4.78 is 0. The van der Waals surface area contributed by atoms with Crippen molar-refractivity contribution in [3.63, 3.8) is 0 Å². The molecule has 0 aromatic heterocycles. The molecule has 0 bridgehead atoms. The molecule has 0 saturated heterocycles. The predicted molar refractivity (Wildman–Crippen MR) is 53.3 cm³/mol. The molecule has 0 aliphatic heterocycles. The Labute approximate surface area is 135 Å². The Hall–Kier alpha value is -0.524. The van der Waals surface area contributed by atoms with Crippen molar-refractivity contribution in [2.45, 2.75) is 0 Å². The summed E-state index contributed by atoms with van der Waals surface area (Å²) in [6.45, 7) is 0. The molecule has 0 fully saturated rings. The van der Waals surface area contributed by atoms with Gasteiger partial charge in [-0.3, -0.25) is 4.79 Å². The van der Waals surface area contributed by atoms with Crippen molar-refractivity contribution in [3.8, 4) is 0 Å². The summed E-state index contributed by atoms with van der Waals surface area (Å²) in [5, 5.41) is 12.0. The molecule has 74 valence electrons. The number of rotatable bonds is 2. The van der Waals surface area contributed by atoms with E-state index in [-0.39, 0.29) is 56.9 Å². The fourth-order valence-corrected chi connectivity index (χ4v) is 1.53. The summed E-state index contributed by atoms with van der Waals surface area (Å²) in [6.07, 6.45) is 0. The van der Waals surface area contributed by atoms with Gasteiger partial charge < -0.3 is 9.90 Å². The number of carboxylic acid groups (broad SMARTS) is 1. The van der Waals surface area contributed by atoms with Crippen LogP contribution in [0.1, 0.15) is 10.4 Å². The number of carbonyl (C=O) groups excluding carboxylic acids is 2. The molecule has 0 aliphatic carbocycles. The molecular weight excluding hydrogens is 231 g/mol. The minimum atomic E-state index is -1.67. The van der Waals surface area contributed by atoms with E-state index in [1.165, 1.54) is 6.07 Å². The number of carbonyl (C=O) groups is 2. The third-order valence-electron chi connectivity index (χ3n) is 2.22. The van der Waals surface area contributed by atoms with Gasteiger partial charge in [-0.15, -0.1) is 0 Å². The molecular formula is C12H7KO3. The van der Waals surface area contributed by atoms with E-state index in [0.717, 1.165) is 5.39 Å². The summed E-state index contributed by atoms with van der Waals surface area (Å²) in [4.78, 5) is 21.8. The SMILES string of the molecule is O=C([O-])C(=O)c1cccc2ccccc12.[K+]. The summed E-state index contributed by atoms with van der Waals surface area (Å²) in [7, 11) is 0. The molecule has 0 amide bonds. The van der Waals surface area contributed by atoms with Gasteiger partial charge in [0.1, 0.15) is 5.97 Å². The van der Waals surface area contributed by atoms with Crippen molar-refractivity contribution in [2.75, 3.05) is 0 Å². The van der Waals surface area contributed by atoms with Crippen molar-refractivity contribution in [3.05, 3.63) is 48.0 Å². The summed E-state index contributed by atoms with van der Waals surface area (Å²) in [5.41, 5.74) is 0.174. The molecule has 0 radical (unpaired) electrons. The number of aliphatic carboxylic acids is 1. The second-order valence-electron chi connectivity index (χ2n) is 3.14. The Morgan fingerprint density at radius 2 is 1.56 bits per heavy atom. The number of hydrogen-bond donors (Lipinski definition) is 0. The minimum Gasteiger partial charge on any atom is -0.541 e. The van der Waals surface area contributed by atoms with Gasteiger partial charge in [-0.2, -0.15) is 0 Å². The van der Waals surface area contributed by atoms with Gasteiger partial charge >= 0.3 is 51.4 Å². The van der Waals surface area contributed by atoms with Crippen LogP contribution < -0.4 is 56.5 Å². The summed E-state index contributed by atoms with van der Waals surface area (Å²) >= 11 is 0. The zero-order chi connectivity index (χ0) is 10.8. The molecule has 0 spiro atoms. The van der Waals surface area contributed by atoms with Crippen molar-refractivity contribution >= 4 is 22.5 Å². The summed E-state index contributed by atoms with van der Waals surface area (Å²) in [6, 6.07) is 12.1. The molecule has 2 rings (SSSR count). The van der Waals surface area contributed by atoms with E-state index < -0.39 is 11.8 Å². The van der Waals surface area contributed by atoms with Crippen LogP contribution in [0.2, 0.25) is 0 Å². The maximum absolute atomic E-state index is 11.3. The van der Waals surface area contributed by atoms with Gasteiger partial charge in [0.25, 0.3) is 0 Å². The van der Waals surface area contributed by atoms with Crippen molar-refractivity contribution in [1.29, 1.82) is 0 Å². The molecule has 2 aromatic rings. The molecule has 0 heterocycles. The normalized spacial score (nSPS) is 9.50. The van der Waals surface area contributed by atoms with Crippen LogP contribution in [0.15, 0.2) is 42.5 Å². The number of Topliss-reactive ketones (excluding diaryl/α,β-unsaturated/α-hetero) is 1. The molecule has 2 aromatic carbocycles. The van der Waals surface area contributed by atoms with Crippen LogP contribution in [-0.4, -0.2) is 11.8 Å². The van der Waals surface area contributed by atoms with Crippen LogP contribution in [-0.2, 0) is 4.79 Å². The third kappa shape index (κ3) is 2.59. The standard InChI is InChI=1S/C12H8O3.K/c13-11(12(14)15)10-7-3-5-8-4-1-2-6-9(8)10;/h1-7H,(H,14,15);/q;+1/p-1. The topological polar surface area (TPSA) is 57.2 Å². The van der Waals surface area contributed by atoms with E-state index in [0.29, 0.717) is 5.39 Å². The zero-order valence-electron chi connectivity index (χ0n) is 8.77. The van der Waals surface area contributed by atoms with Crippen LogP contribution in [0.25, 0.3) is 10.8 Å². The second-order valence-corrected chi connectivity index (χ2v) is 3.14. The largest absolute Gasteiger partial charge is 1.00 e. The maximum Gasteiger partial charge on any atom is 1.00 e. The average Bonchev–Trinajstić information content (AvgIpc) is 2.27. The molecule has 0 N–H and O–H groups in total. The van der Waals surface area contributed by atoms with E-state index in [2.05, 4.69) is 0 Å². The third-order valence-corrected chi connectivity index (χ3v) is 2.22. The molecule has 0 unspecified atom stereocenters. The van der Waals surface area contributed by atoms with Crippen molar-refractivity contribution in [2.24, 2.45) is 0 Å². The van der Waals surface area contributed by atoms with Crippen molar-refractivity contribution in [1.82, 2.24) is 0 Å². The minimum absolute atomic E-state index is 0. The van der Waals surface area contributed by atoms with Crippen LogP contribution in [0.3, 0.4) is 0 Å². The zero-order valence-corrected chi connectivity index (χ0v) is 11.9.